The number of hydrogen-bond donors (Lipinski definition) is 5. The zero-order valence-electron chi connectivity index (χ0n) is 21.8. The molecule has 0 amide bonds. The number of carbonyl (C=O) groups is 3. The Balaban J connectivity index is 0.000000289. The molecule has 0 aromatic carbocycles. The lowest BCUT2D eigenvalue weighted by molar-refractivity contribution is -0.170. The van der Waals surface area contributed by atoms with E-state index in [4.69, 9.17) is 32.0 Å². The van der Waals surface area contributed by atoms with E-state index in [2.05, 4.69) is 41.8 Å². The molecule has 14 heteroatoms. The fourth-order valence-corrected chi connectivity index (χ4v) is 4.72. The normalized spacial score (nSPS) is 15.1. The van der Waals surface area contributed by atoms with Crippen LogP contribution in [0.1, 0.15) is 44.1 Å². The number of halogens is 1. The number of aliphatic carboxylic acids is 3. The topological polar surface area (TPSA) is 195 Å². The van der Waals surface area contributed by atoms with E-state index >= 15 is 0 Å². The molecule has 0 fully saturated rings. The Labute approximate surface area is 235 Å². The van der Waals surface area contributed by atoms with E-state index in [9.17, 15) is 14.4 Å². The third-order valence-corrected chi connectivity index (χ3v) is 6.81. The van der Waals surface area contributed by atoms with Crippen LogP contribution in [0.2, 0.25) is 5.15 Å². The van der Waals surface area contributed by atoms with Crippen LogP contribution in [0.4, 0.5) is 0 Å². The molecule has 0 saturated heterocycles. The zero-order chi connectivity index (χ0) is 29.1. The van der Waals surface area contributed by atoms with Gasteiger partial charge in [0.1, 0.15) is 10.7 Å². The van der Waals surface area contributed by atoms with E-state index in [-0.39, 0.29) is 0 Å². The van der Waals surface area contributed by atoms with Crippen molar-refractivity contribution in [2.24, 2.45) is 5.92 Å². The number of nitrogens with one attached hydrogen (secondary N) is 1. The highest BCUT2D eigenvalue weighted by Crippen LogP contribution is 2.25. The smallest absolute Gasteiger partial charge is 0.336 e. The first-order chi connectivity index (χ1) is 19.1. The van der Waals surface area contributed by atoms with Crippen LogP contribution in [0.25, 0.3) is 10.9 Å². The molecule has 0 aliphatic heterocycles. The highest BCUT2D eigenvalue weighted by molar-refractivity contribution is 6.34. The van der Waals surface area contributed by atoms with Gasteiger partial charge in [0.05, 0.1) is 24.6 Å². The van der Waals surface area contributed by atoms with Gasteiger partial charge in [0.15, 0.2) is 5.60 Å². The first-order valence-electron chi connectivity index (χ1n) is 12.8. The lowest BCUT2D eigenvalue weighted by Gasteiger charge is -2.28. The van der Waals surface area contributed by atoms with E-state index in [1.807, 2.05) is 24.9 Å². The lowest BCUT2D eigenvalue weighted by Crippen LogP contribution is -2.42. The molecule has 1 unspecified atom stereocenters. The molecule has 216 valence electrons. The molecular formula is C26H33ClN6O7. The van der Waals surface area contributed by atoms with Crippen molar-refractivity contribution < 1.29 is 34.8 Å². The van der Waals surface area contributed by atoms with Crippen molar-refractivity contribution in [1.82, 2.24) is 29.6 Å². The molecule has 3 heterocycles. The zero-order valence-corrected chi connectivity index (χ0v) is 22.6. The fourth-order valence-electron chi connectivity index (χ4n) is 4.54. The summed E-state index contributed by atoms with van der Waals surface area (Å²) in [6, 6.07) is 0. The minimum absolute atomic E-state index is 0.559. The summed E-state index contributed by atoms with van der Waals surface area (Å²) in [4.78, 5) is 41.5. The lowest BCUT2D eigenvalue weighted by atomic mass is 9.93. The van der Waals surface area contributed by atoms with Crippen LogP contribution < -0.4 is 0 Å². The molecule has 0 spiro atoms. The van der Waals surface area contributed by atoms with Crippen molar-refractivity contribution in [3.8, 4) is 0 Å². The largest absolute Gasteiger partial charge is 0.481 e. The molecule has 13 nitrogen and oxygen atoms in total. The molecule has 1 aliphatic carbocycles. The van der Waals surface area contributed by atoms with Gasteiger partial charge in [-0.15, -0.1) is 0 Å². The molecule has 3 aromatic rings. The summed E-state index contributed by atoms with van der Waals surface area (Å²) in [5, 5.41) is 42.5. The average Bonchev–Trinajstić information content (AvgIpc) is 3.54. The summed E-state index contributed by atoms with van der Waals surface area (Å²) in [7, 11) is 0. The monoisotopic (exact) mass is 576 g/mol. The summed E-state index contributed by atoms with van der Waals surface area (Å²) in [5.74, 6) is -4.30. The second kappa shape index (κ2) is 14.5. The molecule has 3 aromatic heterocycles. The Morgan fingerprint density at radius 1 is 1.12 bits per heavy atom. The molecule has 40 heavy (non-hydrogen) atoms. The highest BCUT2D eigenvalue weighted by atomic mass is 35.5. The number of carboxylic acid groups (broad SMARTS) is 3. The molecule has 4 rings (SSSR count). The van der Waals surface area contributed by atoms with Crippen LogP contribution in [-0.4, -0.2) is 86.7 Å². The summed E-state index contributed by atoms with van der Waals surface area (Å²) in [6.45, 7) is 3.96. The Morgan fingerprint density at radius 2 is 1.88 bits per heavy atom. The predicted molar refractivity (Wildman–Crippen MR) is 145 cm³/mol. The van der Waals surface area contributed by atoms with Crippen LogP contribution in [0, 0.1) is 5.92 Å². The molecule has 5 N–H and O–H groups in total. The third kappa shape index (κ3) is 9.14. The van der Waals surface area contributed by atoms with Gasteiger partial charge in [-0.05, 0) is 31.6 Å². The third-order valence-electron chi connectivity index (χ3n) is 6.52. The number of nitrogens with zero attached hydrogens (tertiary/aromatic N) is 5. The number of fused-ring (bicyclic) bond motifs is 1. The average molecular weight is 577 g/mol. The minimum atomic E-state index is -2.74. The molecule has 0 saturated carbocycles. The summed E-state index contributed by atoms with van der Waals surface area (Å²) in [5.41, 5.74) is -0.680. The van der Waals surface area contributed by atoms with E-state index in [0.717, 1.165) is 55.0 Å². The van der Waals surface area contributed by atoms with Gasteiger partial charge >= 0.3 is 17.9 Å². The SMILES string of the molecule is Clc1[nH]nc2c(CN(CCCn3ccnc3)CC3CC=CCC3)cncc12.O=C(O)CC(O)(CC(=O)O)C(=O)O. The van der Waals surface area contributed by atoms with Crippen LogP contribution in [-0.2, 0) is 27.5 Å². The van der Waals surface area contributed by atoms with E-state index < -0.39 is 36.4 Å². The summed E-state index contributed by atoms with van der Waals surface area (Å²) >= 11 is 6.19. The van der Waals surface area contributed by atoms with Crippen molar-refractivity contribution >= 4 is 40.4 Å². The van der Waals surface area contributed by atoms with Crippen LogP contribution in [0.5, 0.6) is 0 Å². The second-order valence-electron chi connectivity index (χ2n) is 9.75. The standard InChI is InChI=1S/C20H25ClN6.C6H8O7/c21-20-18-12-23-11-17(19(18)24-25-20)14-27(13-16-5-2-1-3-6-16)9-4-8-26-10-7-22-15-26;7-3(8)1-6(13,5(11)12)2-4(9)10/h1-2,7,10-12,15-16H,3-6,8-9,13-14H2,(H,24,25);13H,1-2H2,(H,7,8)(H,9,10)(H,11,12). The number of pyridine rings is 1. The van der Waals surface area contributed by atoms with Gasteiger partial charge in [-0.1, -0.05) is 23.8 Å². The van der Waals surface area contributed by atoms with Gasteiger partial charge in [0.2, 0.25) is 0 Å². The van der Waals surface area contributed by atoms with Crippen molar-refractivity contribution in [2.45, 2.75) is 57.2 Å². The maximum atomic E-state index is 10.3. The minimum Gasteiger partial charge on any atom is -0.481 e. The predicted octanol–water partition coefficient (Wildman–Crippen LogP) is 2.81. The number of rotatable bonds is 13. The number of hydrogen-bond acceptors (Lipinski definition) is 8. The molecule has 0 bridgehead atoms. The number of aryl methyl sites for hydroxylation is 1. The number of aromatic nitrogens is 5. The Hall–Kier alpha value is -3.81. The number of carboxylic acids is 3. The first kappa shape index (κ1) is 30.7. The van der Waals surface area contributed by atoms with Gasteiger partial charge in [0.25, 0.3) is 0 Å². The van der Waals surface area contributed by atoms with Crippen molar-refractivity contribution in [3.63, 3.8) is 0 Å². The Morgan fingerprint density at radius 3 is 2.48 bits per heavy atom. The van der Waals surface area contributed by atoms with Gasteiger partial charge in [-0.25, -0.2) is 9.78 Å². The van der Waals surface area contributed by atoms with Gasteiger partial charge < -0.3 is 25.0 Å². The number of H-pyrrole nitrogens is 1. The number of aromatic amines is 1. The maximum absolute atomic E-state index is 10.3. The highest BCUT2D eigenvalue weighted by Gasteiger charge is 2.40. The summed E-state index contributed by atoms with van der Waals surface area (Å²) < 4.78 is 2.14. The van der Waals surface area contributed by atoms with E-state index in [0.29, 0.717) is 5.15 Å². The number of aliphatic hydroxyl groups is 1. The van der Waals surface area contributed by atoms with Crippen LogP contribution >= 0.6 is 11.6 Å². The quantitative estimate of drug-likeness (QED) is 0.188. The van der Waals surface area contributed by atoms with Crippen molar-refractivity contribution in [2.75, 3.05) is 13.1 Å². The second-order valence-corrected chi connectivity index (χ2v) is 10.1. The van der Waals surface area contributed by atoms with Crippen molar-refractivity contribution in [3.05, 3.63) is 54.0 Å². The van der Waals surface area contributed by atoms with E-state index in [1.165, 1.54) is 19.3 Å². The van der Waals surface area contributed by atoms with Crippen LogP contribution in [0.15, 0.2) is 43.3 Å². The van der Waals surface area contributed by atoms with Gasteiger partial charge in [-0.2, -0.15) is 5.10 Å². The molecule has 1 atom stereocenters. The fraction of sp³-hybridized carbons (Fsp3) is 0.462. The van der Waals surface area contributed by atoms with E-state index in [1.54, 1.807) is 6.20 Å². The molecule has 1 aliphatic rings. The van der Waals surface area contributed by atoms with Gasteiger partial charge in [0, 0.05) is 56.5 Å². The Kier molecular flexibility index (Phi) is 11.2. The van der Waals surface area contributed by atoms with Crippen LogP contribution in [0.3, 0.4) is 0 Å². The maximum Gasteiger partial charge on any atom is 0.336 e. The molecule has 0 radical (unpaired) electrons. The summed E-state index contributed by atoms with van der Waals surface area (Å²) in [6.07, 6.45) is 16.5. The molecular weight excluding hydrogens is 544 g/mol. The first-order valence-corrected chi connectivity index (χ1v) is 13.1. The Bertz CT molecular complexity index is 1290. The van der Waals surface area contributed by atoms with Crippen molar-refractivity contribution in [1.29, 1.82) is 0 Å². The van der Waals surface area contributed by atoms with Gasteiger partial charge in [-0.3, -0.25) is 24.6 Å². The number of allylic oxidation sites excluding steroid dienone is 2. The number of imidazole rings is 1.